The molecule has 92 valence electrons. The van der Waals surface area contributed by atoms with Crippen LogP contribution in [-0.4, -0.2) is 25.1 Å². The third-order valence-electron chi connectivity index (χ3n) is 2.74. The molecule has 0 bridgehead atoms. The predicted molar refractivity (Wildman–Crippen MR) is 60.9 cm³/mol. The molecule has 1 aliphatic rings. The molecule has 0 amide bonds. The lowest BCUT2D eigenvalue weighted by Crippen LogP contribution is -2.28. The monoisotopic (exact) mass is 238 g/mol. The number of ketones is 1. The number of rotatable bonds is 3. The Morgan fingerprint density at radius 3 is 3.00 bits per heavy atom. The number of hydrogen-bond acceptors (Lipinski definition) is 3. The number of hydrogen-bond donors (Lipinski definition) is 0. The second-order valence-electron chi connectivity index (χ2n) is 4.15. The molecule has 2 rings (SSSR count). The fraction of sp³-hybridized carbons (Fsp3) is 0.462. The first-order chi connectivity index (χ1) is 8.16. The van der Waals surface area contributed by atoms with Gasteiger partial charge in [-0.3, -0.25) is 4.79 Å². The molecule has 0 saturated carbocycles. The molecule has 0 spiro atoms. The lowest BCUT2D eigenvalue weighted by atomic mass is 10.1. The summed E-state index contributed by atoms with van der Waals surface area (Å²) in [6.07, 6.45) is 1.70. The van der Waals surface area contributed by atoms with E-state index in [1.807, 2.05) is 0 Å². The normalized spacial score (nSPS) is 20.0. The topological polar surface area (TPSA) is 35.5 Å². The third-order valence-corrected chi connectivity index (χ3v) is 2.74. The lowest BCUT2D eigenvalue weighted by Gasteiger charge is -2.24. The van der Waals surface area contributed by atoms with E-state index in [4.69, 9.17) is 9.47 Å². The quantitative estimate of drug-likeness (QED) is 0.759. The highest BCUT2D eigenvalue weighted by Gasteiger charge is 2.18. The van der Waals surface area contributed by atoms with Crippen LogP contribution in [0, 0.1) is 5.82 Å². The summed E-state index contributed by atoms with van der Waals surface area (Å²) in [6, 6.07) is 3.98. The van der Waals surface area contributed by atoms with Crippen molar-refractivity contribution < 1.29 is 18.7 Å². The molecule has 17 heavy (non-hydrogen) atoms. The van der Waals surface area contributed by atoms with Gasteiger partial charge in [-0.05, 0) is 31.9 Å². The van der Waals surface area contributed by atoms with Crippen LogP contribution in [0.4, 0.5) is 4.39 Å². The van der Waals surface area contributed by atoms with Gasteiger partial charge in [0.05, 0.1) is 12.2 Å². The number of Topliss-reactive ketones (excluding diaryl/α,β-unsaturated/α-hetero) is 1. The molecule has 0 aromatic heterocycles. The molecule has 1 fully saturated rings. The molecule has 3 nitrogen and oxygen atoms in total. The van der Waals surface area contributed by atoms with Gasteiger partial charge in [-0.25, -0.2) is 4.39 Å². The van der Waals surface area contributed by atoms with Gasteiger partial charge in [-0.15, -0.1) is 0 Å². The van der Waals surface area contributed by atoms with Crippen LogP contribution in [0.1, 0.15) is 30.1 Å². The van der Waals surface area contributed by atoms with Crippen LogP contribution in [-0.2, 0) is 4.74 Å². The van der Waals surface area contributed by atoms with Gasteiger partial charge in [0.15, 0.2) is 5.78 Å². The molecule has 1 atom stereocenters. The number of ether oxygens (including phenoxy) is 2. The van der Waals surface area contributed by atoms with Gasteiger partial charge in [0, 0.05) is 12.7 Å². The number of halogens is 1. The van der Waals surface area contributed by atoms with Gasteiger partial charge < -0.3 is 9.47 Å². The molecule has 1 aliphatic heterocycles. The van der Waals surface area contributed by atoms with E-state index in [0.717, 1.165) is 19.4 Å². The Hall–Kier alpha value is -1.42. The van der Waals surface area contributed by atoms with Crippen LogP contribution in [0.5, 0.6) is 5.75 Å². The summed E-state index contributed by atoms with van der Waals surface area (Å²) >= 11 is 0. The van der Waals surface area contributed by atoms with Crippen LogP contribution in [0.15, 0.2) is 18.2 Å². The van der Waals surface area contributed by atoms with E-state index in [1.165, 1.54) is 25.1 Å². The molecule has 0 aliphatic carbocycles. The number of carbonyl (C=O) groups is 1. The van der Waals surface area contributed by atoms with E-state index < -0.39 is 5.82 Å². The smallest absolute Gasteiger partial charge is 0.163 e. The maximum absolute atomic E-state index is 13.1. The van der Waals surface area contributed by atoms with Crippen LogP contribution in [0.2, 0.25) is 0 Å². The van der Waals surface area contributed by atoms with Gasteiger partial charge in [-0.1, -0.05) is 0 Å². The van der Waals surface area contributed by atoms with Crippen LogP contribution in [0.3, 0.4) is 0 Å². The van der Waals surface area contributed by atoms with Crippen molar-refractivity contribution in [2.75, 3.05) is 13.2 Å². The molecule has 0 radical (unpaired) electrons. The molecule has 1 heterocycles. The number of benzene rings is 1. The molecule has 1 saturated heterocycles. The average molecular weight is 238 g/mol. The summed E-state index contributed by atoms with van der Waals surface area (Å²) in [5, 5.41) is 0. The molecular formula is C13H15FO3. The van der Waals surface area contributed by atoms with Crippen molar-refractivity contribution in [1.82, 2.24) is 0 Å². The fourth-order valence-corrected chi connectivity index (χ4v) is 1.87. The second kappa shape index (κ2) is 5.27. The second-order valence-corrected chi connectivity index (χ2v) is 4.15. The zero-order chi connectivity index (χ0) is 12.3. The Labute approximate surface area is 99.5 Å². The van der Waals surface area contributed by atoms with Crippen LogP contribution in [0.25, 0.3) is 0 Å². The summed E-state index contributed by atoms with van der Waals surface area (Å²) in [6.45, 7) is 2.67. The summed E-state index contributed by atoms with van der Waals surface area (Å²) in [7, 11) is 0. The van der Waals surface area contributed by atoms with Gasteiger partial charge in [0.1, 0.15) is 17.7 Å². The lowest BCUT2D eigenvalue weighted by molar-refractivity contribution is 0.00700. The minimum absolute atomic E-state index is 0.0938. The first kappa shape index (κ1) is 12.0. The van der Waals surface area contributed by atoms with Crippen molar-refractivity contribution in [2.45, 2.75) is 25.9 Å². The van der Waals surface area contributed by atoms with E-state index in [2.05, 4.69) is 0 Å². The Kier molecular flexibility index (Phi) is 3.74. The summed E-state index contributed by atoms with van der Waals surface area (Å²) in [5.74, 6) is -0.216. The van der Waals surface area contributed by atoms with Crippen molar-refractivity contribution in [3.8, 4) is 5.75 Å². The molecule has 4 heteroatoms. The maximum atomic E-state index is 13.1. The SMILES string of the molecule is CC(=O)c1ccc(F)cc1OC1CCCOC1. The Morgan fingerprint density at radius 1 is 1.53 bits per heavy atom. The summed E-state index contributed by atoms with van der Waals surface area (Å²) in [5.41, 5.74) is 0.414. The molecule has 1 aromatic carbocycles. The highest BCUT2D eigenvalue weighted by Crippen LogP contribution is 2.23. The van der Waals surface area contributed by atoms with Crippen molar-refractivity contribution >= 4 is 5.78 Å². The van der Waals surface area contributed by atoms with Gasteiger partial charge in [0.25, 0.3) is 0 Å². The fourth-order valence-electron chi connectivity index (χ4n) is 1.87. The van der Waals surface area contributed by atoms with E-state index in [9.17, 15) is 9.18 Å². The van der Waals surface area contributed by atoms with Crippen molar-refractivity contribution in [3.63, 3.8) is 0 Å². The van der Waals surface area contributed by atoms with Gasteiger partial charge in [0.2, 0.25) is 0 Å². The van der Waals surface area contributed by atoms with E-state index in [0.29, 0.717) is 17.9 Å². The summed E-state index contributed by atoms with van der Waals surface area (Å²) < 4.78 is 24.1. The number of carbonyl (C=O) groups excluding carboxylic acids is 1. The highest BCUT2D eigenvalue weighted by atomic mass is 19.1. The predicted octanol–water partition coefficient (Wildman–Crippen LogP) is 2.59. The van der Waals surface area contributed by atoms with Crippen molar-refractivity contribution in [3.05, 3.63) is 29.6 Å². The van der Waals surface area contributed by atoms with Crippen LogP contribution < -0.4 is 4.74 Å². The highest BCUT2D eigenvalue weighted by molar-refractivity contribution is 5.96. The zero-order valence-electron chi connectivity index (χ0n) is 9.74. The minimum atomic E-state index is -0.401. The van der Waals surface area contributed by atoms with Gasteiger partial charge in [-0.2, -0.15) is 0 Å². The summed E-state index contributed by atoms with van der Waals surface area (Å²) in [4.78, 5) is 11.4. The van der Waals surface area contributed by atoms with E-state index in [-0.39, 0.29) is 11.9 Å². The molecular weight excluding hydrogens is 223 g/mol. The standard InChI is InChI=1S/C13H15FO3/c1-9(15)12-5-4-10(14)7-13(12)17-11-3-2-6-16-8-11/h4-5,7,11H,2-3,6,8H2,1H3. The third kappa shape index (κ3) is 3.03. The largest absolute Gasteiger partial charge is 0.487 e. The molecule has 1 aromatic rings. The zero-order valence-corrected chi connectivity index (χ0v) is 9.74. The van der Waals surface area contributed by atoms with Crippen molar-refractivity contribution in [1.29, 1.82) is 0 Å². The first-order valence-corrected chi connectivity index (χ1v) is 5.71. The molecule has 0 N–H and O–H groups in total. The molecule has 1 unspecified atom stereocenters. The van der Waals surface area contributed by atoms with E-state index >= 15 is 0 Å². The maximum Gasteiger partial charge on any atom is 0.163 e. The Morgan fingerprint density at radius 2 is 2.35 bits per heavy atom. The average Bonchev–Trinajstić information content (AvgIpc) is 2.30. The Balaban J connectivity index is 2.17. The Bertz CT molecular complexity index is 411. The van der Waals surface area contributed by atoms with Gasteiger partial charge >= 0.3 is 0 Å². The van der Waals surface area contributed by atoms with E-state index in [1.54, 1.807) is 0 Å². The minimum Gasteiger partial charge on any atom is -0.487 e. The first-order valence-electron chi connectivity index (χ1n) is 5.71. The van der Waals surface area contributed by atoms with Crippen molar-refractivity contribution in [2.24, 2.45) is 0 Å². The van der Waals surface area contributed by atoms with Crippen LogP contribution >= 0.6 is 0 Å².